The van der Waals surface area contributed by atoms with Crippen LogP contribution in [0.4, 0.5) is 0 Å². The van der Waals surface area contributed by atoms with E-state index in [1.54, 1.807) is 9.58 Å². The van der Waals surface area contributed by atoms with E-state index in [-0.39, 0.29) is 17.9 Å². The largest absolute Gasteiger partial charge is 0.493 e. The first-order valence-electron chi connectivity index (χ1n) is 12.9. The van der Waals surface area contributed by atoms with E-state index in [2.05, 4.69) is 12.2 Å². The number of carbonyl (C=O) groups is 2. The standard InChI is InChI=1S/C27H38N4O3/c1-4-6-17-34-24-15-11-10-14-21(24)22-18-23-25(32)30(16-5-2)27(3,19-31(23)29-22)26(33)28-20-12-8-7-9-13-20/h10-11,14-15,18,20H,4-9,12-13,16-17,19H2,1-3H3,(H,28,33)/t27-/m1/s1. The van der Waals surface area contributed by atoms with Crippen LogP contribution >= 0.6 is 0 Å². The molecule has 1 aromatic carbocycles. The lowest BCUT2D eigenvalue weighted by atomic mass is 9.91. The maximum absolute atomic E-state index is 13.6. The van der Waals surface area contributed by atoms with E-state index in [1.807, 2.05) is 44.2 Å². The van der Waals surface area contributed by atoms with Crippen molar-refractivity contribution in [2.24, 2.45) is 0 Å². The molecule has 7 nitrogen and oxygen atoms in total. The van der Waals surface area contributed by atoms with Gasteiger partial charge in [0, 0.05) is 18.2 Å². The van der Waals surface area contributed by atoms with Gasteiger partial charge in [-0.2, -0.15) is 5.10 Å². The molecular weight excluding hydrogens is 428 g/mol. The summed E-state index contributed by atoms with van der Waals surface area (Å²) in [6.45, 7) is 7.56. The maximum Gasteiger partial charge on any atom is 0.273 e. The van der Waals surface area contributed by atoms with E-state index in [9.17, 15) is 9.59 Å². The van der Waals surface area contributed by atoms with Gasteiger partial charge in [-0.25, -0.2) is 0 Å². The lowest BCUT2D eigenvalue weighted by Gasteiger charge is -2.44. The van der Waals surface area contributed by atoms with Crippen molar-refractivity contribution < 1.29 is 14.3 Å². The quantitative estimate of drug-likeness (QED) is 0.539. The second-order valence-corrected chi connectivity index (χ2v) is 9.81. The summed E-state index contributed by atoms with van der Waals surface area (Å²) in [4.78, 5) is 28.9. The highest BCUT2D eigenvalue weighted by Crippen LogP contribution is 2.34. The lowest BCUT2D eigenvalue weighted by molar-refractivity contribution is -0.134. The number of unbranched alkanes of at least 4 members (excludes halogenated alkanes) is 1. The Kier molecular flexibility index (Phi) is 7.59. The van der Waals surface area contributed by atoms with Crippen LogP contribution in [0.3, 0.4) is 0 Å². The first-order valence-corrected chi connectivity index (χ1v) is 12.9. The molecule has 1 aliphatic heterocycles. The van der Waals surface area contributed by atoms with Crippen LogP contribution in [-0.4, -0.2) is 51.2 Å². The van der Waals surface area contributed by atoms with E-state index in [0.29, 0.717) is 31.1 Å². The number of rotatable bonds is 9. The third-order valence-corrected chi connectivity index (χ3v) is 7.09. The van der Waals surface area contributed by atoms with Gasteiger partial charge in [-0.1, -0.05) is 51.7 Å². The summed E-state index contributed by atoms with van der Waals surface area (Å²) in [6, 6.07) is 9.84. The van der Waals surface area contributed by atoms with E-state index in [0.717, 1.165) is 56.3 Å². The molecule has 7 heteroatoms. The Morgan fingerprint density at radius 3 is 2.68 bits per heavy atom. The fourth-order valence-corrected chi connectivity index (χ4v) is 5.07. The van der Waals surface area contributed by atoms with Gasteiger partial charge in [0.05, 0.1) is 18.8 Å². The molecule has 0 saturated heterocycles. The average Bonchev–Trinajstić information content (AvgIpc) is 3.26. The number of hydrogen-bond donors (Lipinski definition) is 1. The molecule has 1 N–H and O–H groups in total. The number of hydrogen-bond acceptors (Lipinski definition) is 4. The van der Waals surface area contributed by atoms with Crippen LogP contribution in [0.5, 0.6) is 5.75 Å². The van der Waals surface area contributed by atoms with Gasteiger partial charge in [-0.05, 0) is 50.8 Å². The maximum atomic E-state index is 13.6. The molecule has 0 bridgehead atoms. The summed E-state index contributed by atoms with van der Waals surface area (Å²) >= 11 is 0. The number of ether oxygens (including phenoxy) is 1. The number of nitrogens with zero attached hydrogens (tertiary/aromatic N) is 3. The first kappa shape index (κ1) is 24.3. The molecule has 2 heterocycles. The third kappa shape index (κ3) is 4.84. The smallest absolute Gasteiger partial charge is 0.273 e. The summed E-state index contributed by atoms with van der Waals surface area (Å²) < 4.78 is 7.72. The van der Waals surface area contributed by atoms with Crippen molar-refractivity contribution in [1.82, 2.24) is 20.0 Å². The van der Waals surface area contributed by atoms with Crippen molar-refractivity contribution in [1.29, 1.82) is 0 Å². The molecular formula is C27H38N4O3. The van der Waals surface area contributed by atoms with Crippen LogP contribution in [0.2, 0.25) is 0 Å². The van der Waals surface area contributed by atoms with Gasteiger partial charge in [-0.15, -0.1) is 0 Å². The Balaban J connectivity index is 1.63. The van der Waals surface area contributed by atoms with Crippen LogP contribution in [0.25, 0.3) is 11.3 Å². The lowest BCUT2D eigenvalue weighted by Crippen LogP contribution is -2.65. The fourth-order valence-electron chi connectivity index (χ4n) is 5.07. The Morgan fingerprint density at radius 2 is 1.94 bits per heavy atom. The van der Waals surface area contributed by atoms with Crippen LogP contribution in [0.15, 0.2) is 30.3 Å². The molecule has 1 aliphatic carbocycles. The van der Waals surface area contributed by atoms with Gasteiger partial charge < -0.3 is 15.0 Å². The zero-order valence-electron chi connectivity index (χ0n) is 20.8. The van der Waals surface area contributed by atoms with Crippen molar-refractivity contribution in [3.63, 3.8) is 0 Å². The van der Waals surface area contributed by atoms with Gasteiger partial charge in [-0.3, -0.25) is 14.3 Å². The molecule has 34 heavy (non-hydrogen) atoms. The molecule has 1 atom stereocenters. The molecule has 2 aromatic rings. The molecule has 1 saturated carbocycles. The zero-order chi connectivity index (χ0) is 24.1. The number of fused-ring (bicyclic) bond motifs is 1. The molecule has 2 amide bonds. The van der Waals surface area contributed by atoms with Crippen molar-refractivity contribution >= 4 is 11.8 Å². The predicted octanol–water partition coefficient (Wildman–Crippen LogP) is 4.80. The number of aromatic nitrogens is 2. The van der Waals surface area contributed by atoms with E-state index in [1.165, 1.54) is 6.42 Å². The van der Waals surface area contributed by atoms with Crippen LogP contribution in [0.1, 0.15) is 82.6 Å². The van der Waals surface area contributed by atoms with Gasteiger partial charge >= 0.3 is 0 Å². The number of para-hydroxylation sites is 1. The molecule has 0 unspecified atom stereocenters. The minimum absolute atomic E-state index is 0.0767. The number of benzene rings is 1. The Morgan fingerprint density at radius 1 is 1.18 bits per heavy atom. The van der Waals surface area contributed by atoms with Crippen LogP contribution in [0, 0.1) is 0 Å². The van der Waals surface area contributed by atoms with Gasteiger partial charge in [0.1, 0.15) is 17.0 Å². The molecule has 1 fully saturated rings. The van der Waals surface area contributed by atoms with Crippen molar-refractivity contribution in [2.75, 3.05) is 13.2 Å². The molecule has 2 aliphatic rings. The normalized spacial score (nSPS) is 20.8. The Labute approximate surface area is 202 Å². The third-order valence-electron chi connectivity index (χ3n) is 7.09. The highest BCUT2D eigenvalue weighted by atomic mass is 16.5. The molecule has 4 rings (SSSR count). The second-order valence-electron chi connectivity index (χ2n) is 9.81. The minimum atomic E-state index is -0.974. The molecule has 1 aromatic heterocycles. The summed E-state index contributed by atoms with van der Waals surface area (Å²) in [6.07, 6.45) is 8.36. The summed E-state index contributed by atoms with van der Waals surface area (Å²) in [7, 11) is 0. The predicted molar refractivity (Wildman–Crippen MR) is 133 cm³/mol. The van der Waals surface area contributed by atoms with E-state index < -0.39 is 5.54 Å². The van der Waals surface area contributed by atoms with Gasteiger partial charge in [0.2, 0.25) is 5.91 Å². The Hall–Kier alpha value is -2.83. The van der Waals surface area contributed by atoms with Crippen molar-refractivity contribution in [2.45, 2.75) is 90.3 Å². The van der Waals surface area contributed by atoms with Crippen molar-refractivity contribution in [3.8, 4) is 17.0 Å². The monoisotopic (exact) mass is 466 g/mol. The molecule has 0 radical (unpaired) electrons. The fraction of sp³-hybridized carbons (Fsp3) is 0.593. The second kappa shape index (κ2) is 10.6. The van der Waals surface area contributed by atoms with Crippen molar-refractivity contribution in [3.05, 3.63) is 36.0 Å². The molecule has 0 spiro atoms. The highest BCUT2D eigenvalue weighted by Gasteiger charge is 2.48. The van der Waals surface area contributed by atoms with Crippen LogP contribution < -0.4 is 10.1 Å². The topological polar surface area (TPSA) is 76.5 Å². The molecule has 184 valence electrons. The SMILES string of the molecule is CCCCOc1ccccc1-c1cc2n(n1)C[C@](C)(C(=O)NC1CCCCC1)N(CCC)C2=O. The summed E-state index contributed by atoms with van der Waals surface area (Å²) in [5.74, 6) is 0.548. The van der Waals surface area contributed by atoms with Crippen LogP contribution in [-0.2, 0) is 11.3 Å². The highest BCUT2D eigenvalue weighted by molar-refractivity contribution is 6.00. The van der Waals surface area contributed by atoms with E-state index in [4.69, 9.17) is 9.84 Å². The van der Waals surface area contributed by atoms with Gasteiger partial charge in [0.25, 0.3) is 5.91 Å². The summed E-state index contributed by atoms with van der Waals surface area (Å²) in [5, 5.41) is 8.04. The number of nitrogens with one attached hydrogen (secondary N) is 1. The average molecular weight is 467 g/mol. The zero-order valence-corrected chi connectivity index (χ0v) is 20.8. The number of carbonyl (C=O) groups excluding carboxylic acids is 2. The Bertz CT molecular complexity index is 1010. The van der Waals surface area contributed by atoms with Gasteiger partial charge in [0.15, 0.2) is 0 Å². The summed E-state index contributed by atoms with van der Waals surface area (Å²) in [5.41, 5.74) is 1.11. The first-order chi connectivity index (χ1) is 16.5. The van der Waals surface area contributed by atoms with E-state index >= 15 is 0 Å². The number of amides is 2. The minimum Gasteiger partial charge on any atom is -0.493 e.